The van der Waals surface area contributed by atoms with E-state index in [0.717, 1.165) is 18.4 Å². The second-order valence-corrected chi connectivity index (χ2v) is 5.34. The second-order valence-electron chi connectivity index (χ2n) is 5.34. The van der Waals surface area contributed by atoms with Crippen LogP contribution in [0.15, 0.2) is 24.3 Å². The molecule has 0 aliphatic heterocycles. The summed E-state index contributed by atoms with van der Waals surface area (Å²) in [6.45, 7) is 1.99. The van der Waals surface area contributed by atoms with Crippen molar-refractivity contribution < 1.29 is 4.79 Å². The van der Waals surface area contributed by atoms with Crippen molar-refractivity contribution in [3.63, 3.8) is 0 Å². The smallest absolute Gasteiger partial charge is 0.252 e. The predicted octanol–water partition coefficient (Wildman–Crippen LogP) is 3.20. The zero-order valence-electron chi connectivity index (χ0n) is 11.4. The number of hydrogen-bond donors (Lipinski definition) is 1. The van der Waals surface area contributed by atoms with Crippen molar-refractivity contribution in [2.24, 2.45) is 5.92 Å². The summed E-state index contributed by atoms with van der Waals surface area (Å²) in [5, 5.41) is 12.1. The number of rotatable bonds is 3. The number of carbonyl (C=O) groups excluding carboxylic acids is 1. The molecule has 1 saturated carbocycles. The maximum atomic E-state index is 12.1. The first-order valence-electron chi connectivity index (χ1n) is 6.98. The molecule has 1 amide bonds. The molecule has 1 aliphatic carbocycles. The molecule has 0 aromatic heterocycles. The van der Waals surface area contributed by atoms with Gasteiger partial charge in [0.15, 0.2) is 0 Å². The standard InChI is InChI=1S/C16H20N2O/c1-12-7-9-14(10-8-12)16(19)18-15(11-17)13-5-3-2-4-6-13/h7-10,13,15H,2-6H2,1H3,(H,18,19). The molecule has 0 spiro atoms. The molecule has 1 unspecified atom stereocenters. The Morgan fingerprint density at radius 1 is 1.26 bits per heavy atom. The Morgan fingerprint density at radius 3 is 2.47 bits per heavy atom. The van der Waals surface area contributed by atoms with E-state index in [4.69, 9.17) is 0 Å². The predicted molar refractivity (Wildman–Crippen MR) is 74.6 cm³/mol. The van der Waals surface area contributed by atoms with E-state index >= 15 is 0 Å². The van der Waals surface area contributed by atoms with Gasteiger partial charge in [-0.2, -0.15) is 5.26 Å². The van der Waals surface area contributed by atoms with Gasteiger partial charge in [-0.15, -0.1) is 0 Å². The van der Waals surface area contributed by atoms with Crippen LogP contribution in [0.1, 0.15) is 48.0 Å². The lowest BCUT2D eigenvalue weighted by atomic mass is 9.84. The summed E-state index contributed by atoms with van der Waals surface area (Å²) in [5.74, 6) is 0.172. The fraction of sp³-hybridized carbons (Fsp3) is 0.500. The first-order valence-corrected chi connectivity index (χ1v) is 6.98. The molecule has 19 heavy (non-hydrogen) atoms. The van der Waals surface area contributed by atoms with Crippen LogP contribution in [0.2, 0.25) is 0 Å². The van der Waals surface area contributed by atoms with Crippen molar-refractivity contribution in [2.75, 3.05) is 0 Å². The third-order valence-corrected chi connectivity index (χ3v) is 3.86. The number of nitrogens with zero attached hydrogens (tertiary/aromatic N) is 1. The molecule has 3 nitrogen and oxygen atoms in total. The van der Waals surface area contributed by atoms with Gasteiger partial charge in [-0.3, -0.25) is 4.79 Å². The Balaban J connectivity index is 1.99. The average Bonchev–Trinajstić information content (AvgIpc) is 2.46. The summed E-state index contributed by atoms with van der Waals surface area (Å²) >= 11 is 0. The Hall–Kier alpha value is -1.82. The molecule has 1 aliphatic rings. The Kier molecular flexibility index (Phi) is 4.57. The third-order valence-electron chi connectivity index (χ3n) is 3.86. The Bertz CT molecular complexity index is 467. The first-order chi connectivity index (χ1) is 9.20. The van der Waals surface area contributed by atoms with Gasteiger partial charge in [0, 0.05) is 5.56 Å². The fourth-order valence-corrected chi connectivity index (χ4v) is 2.65. The van der Waals surface area contributed by atoms with Crippen LogP contribution in [0.3, 0.4) is 0 Å². The van der Waals surface area contributed by atoms with E-state index < -0.39 is 0 Å². The maximum Gasteiger partial charge on any atom is 0.252 e. The van der Waals surface area contributed by atoms with Gasteiger partial charge in [0.05, 0.1) is 6.07 Å². The van der Waals surface area contributed by atoms with Crippen molar-refractivity contribution in [1.82, 2.24) is 5.32 Å². The molecular weight excluding hydrogens is 236 g/mol. The Labute approximate surface area is 114 Å². The summed E-state index contributed by atoms with van der Waals surface area (Å²) in [6, 6.07) is 9.34. The van der Waals surface area contributed by atoms with Gasteiger partial charge in [-0.05, 0) is 37.8 Å². The van der Waals surface area contributed by atoms with Crippen molar-refractivity contribution in [2.45, 2.75) is 45.1 Å². The Morgan fingerprint density at radius 2 is 1.89 bits per heavy atom. The van der Waals surface area contributed by atoms with Crippen molar-refractivity contribution in [3.8, 4) is 6.07 Å². The first kappa shape index (κ1) is 13.6. The topological polar surface area (TPSA) is 52.9 Å². The van der Waals surface area contributed by atoms with Crippen LogP contribution in [0, 0.1) is 24.2 Å². The summed E-state index contributed by atoms with van der Waals surface area (Å²) in [7, 11) is 0. The van der Waals surface area contributed by atoms with Crippen LogP contribution in [0.4, 0.5) is 0 Å². The van der Waals surface area contributed by atoms with Gasteiger partial charge in [0.25, 0.3) is 5.91 Å². The van der Waals surface area contributed by atoms with Crippen molar-refractivity contribution in [1.29, 1.82) is 5.26 Å². The monoisotopic (exact) mass is 256 g/mol. The largest absolute Gasteiger partial charge is 0.336 e. The normalized spacial score (nSPS) is 17.5. The molecule has 1 N–H and O–H groups in total. The van der Waals surface area contributed by atoms with Crippen LogP contribution in [0.5, 0.6) is 0 Å². The van der Waals surface area contributed by atoms with Crippen LogP contribution in [-0.4, -0.2) is 11.9 Å². The zero-order valence-corrected chi connectivity index (χ0v) is 11.4. The lowest BCUT2D eigenvalue weighted by Gasteiger charge is -2.26. The minimum absolute atomic E-state index is 0.142. The molecule has 1 aromatic rings. The number of amides is 1. The number of nitrogens with one attached hydrogen (secondary N) is 1. The van der Waals surface area contributed by atoms with E-state index in [1.165, 1.54) is 19.3 Å². The lowest BCUT2D eigenvalue weighted by molar-refractivity contribution is 0.0929. The summed E-state index contributed by atoms with van der Waals surface area (Å²) in [4.78, 5) is 12.1. The summed E-state index contributed by atoms with van der Waals surface area (Å²) < 4.78 is 0. The summed E-state index contributed by atoms with van der Waals surface area (Å²) in [5.41, 5.74) is 1.75. The maximum absolute atomic E-state index is 12.1. The minimum atomic E-state index is -0.353. The molecule has 3 heteroatoms. The fourth-order valence-electron chi connectivity index (χ4n) is 2.65. The van der Waals surface area contributed by atoms with E-state index in [9.17, 15) is 10.1 Å². The van der Waals surface area contributed by atoms with Crippen molar-refractivity contribution >= 4 is 5.91 Å². The molecule has 100 valence electrons. The molecule has 0 radical (unpaired) electrons. The second kappa shape index (κ2) is 6.38. The van der Waals surface area contributed by atoms with Gasteiger partial charge in [-0.25, -0.2) is 0 Å². The molecule has 2 rings (SSSR count). The molecule has 0 heterocycles. The van der Waals surface area contributed by atoms with Gasteiger partial charge >= 0.3 is 0 Å². The molecule has 0 saturated heterocycles. The van der Waals surface area contributed by atoms with Crippen LogP contribution >= 0.6 is 0 Å². The van der Waals surface area contributed by atoms with E-state index in [1.807, 2.05) is 19.1 Å². The number of nitriles is 1. The SMILES string of the molecule is Cc1ccc(C(=O)NC(C#N)C2CCCCC2)cc1. The van der Waals surface area contributed by atoms with Gasteiger partial charge < -0.3 is 5.32 Å². The quantitative estimate of drug-likeness (QED) is 0.903. The number of carbonyl (C=O) groups is 1. The van der Waals surface area contributed by atoms with Gasteiger partial charge in [0.2, 0.25) is 0 Å². The number of hydrogen-bond acceptors (Lipinski definition) is 2. The van der Waals surface area contributed by atoms with E-state index in [0.29, 0.717) is 11.5 Å². The molecule has 1 fully saturated rings. The number of benzene rings is 1. The van der Waals surface area contributed by atoms with E-state index in [2.05, 4.69) is 11.4 Å². The van der Waals surface area contributed by atoms with E-state index in [-0.39, 0.29) is 11.9 Å². The van der Waals surface area contributed by atoms with Crippen LogP contribution < -0.4 is 5.32 Å². The molecular formula is C16H20N2O. The highest BCUT2D eigenvalue weighted by Crippen LogP contribution is 2.26. The summed E-state index contributed by atoms with van der Waals surface area (Å²) in [6.07, 6.45) is 5.69. The van der Waals surface area contributed by atoms with E-state index in [1.54, 1.807) is 12.1 Å². The lowest BCUT2D eigenvalue weighted by Crippen LogP contribution is -2.40. The van der Waals surface area contributed by atoms with Crippen LogP contribution in [0.25, 0.3) is 0 Å². The molecule has 0 bridgehead atoms. The highest BCUT2D eigenvalue weighted by Gasteiger charge is 2.25. The van der Waals surface area contributed by atoms with Gasteiger partial charge in [-0.1, -0.05) is 37.0 Å². The van der Waals surface area contributed by atoms with Crippen molar-refractivity contribution in [3.05, 3.63) is 35.4 Å². The average molecular weight is 256 g/mol. The van der Waals surface area contributed by atoms with Crippen LogP contribution in [-0.2, 0) is 0 Å². The third kappa shape index (κ3) is 3.57. The number of aryl methyl sites for hydroxylation is 1. The molecule has 1 atom stereocenters. The van der Waals surface area contributed by atoms with Gasteiger partial charge in [0.1, 0.15) is 6.04 Å². The highest BCUT2D eigenvalue weighted by molar-refractivity contribution is 5.94. The highest BCUT2D eigenvalue weighted by atomic mass is 16.1. The zero-order chi connectivity index (χ0) is 13.7. The minimum Gasteiger partial charge on any atom is -0.336 e. The molecule has 1 aromatic carbocycles.